The predicted molar refractivity (Wildman–Crippen MR) is 123 cm³/mol. The molecule has 0 saturated carbocycles. The fourth-order valence-electron chi connectivity index (χ4n) is 3.05. The van der Waals surface area contributed by atoms with Crippen LogP contribution in [0.4, 0.5) is 0 Å². The van der Waals surface area contributed by atoms with Crippen LogP contribution in [0.25, 0.3) is 0 Å². The van der Waals surface area contributed by atoms with Gasteiger partial charge in [-0.1, -0.05) is 44.2 Å². The Balaban J connectivity index is 1.80. The molecule has 33 heavy (non-hydrogen) atoms. The largest absolute Gasteiger partial charge is 0.454 e. The number of hydrogen-bond acceptors (Lipinski definition) is 6. The van der Waals surface area contributed by atoms with Crippen molar-refractivity contribution in [2.75, 3.05) is 26.2 Å². The number of rotatable bonds is 11. The van der Waals surface area contributed by atoms with Gasteiger partial charge in [-0.2, -0.15) is 4.31 Å². The van der Waals surface area contributed by atoms with Gasteiger partial charge in [0.15, 0.2) is 6.61 Å². The lowest BCUT2D eigenvalue weighted by molar-refractivity contribution is -0.147. The second-order valence-electron chi connectivity index (χ2n) is 7.16. The van der Waals surface area contributed by atoms with Crippen molar-refractivity contribution in [3.63, 3.8) is 0 Å². The summed E-state index contributed by atoms with van der Waals surface area (Å²) in [4.78, 5) is 36.2. The molecule has 0 aromatic heterocycles. The van der Waals surface area contributed by atoms with E-state index >= 15 is 0 Å². The highest BCUT2D eigenvalue weighted by Crippen LogP contribution is 2.16. The van der Waals surface area contributed by atoms with E-state index in [4.69, 9.17) is 4.74 Å². The smallest absolute Gasteiger partial charge is 0.325 e. The van der Waals surface area contributed by atoms with E-state index in [1.807, 2.05) is 37.3 Å². The summed E-state index contributed by atoms with van der Waals surface area (Å²) in [6.07, 6.45) is 0. The molecule has 2 N–H and O–H groups in total. The molecule has 0 bridgehead atoms. The van der Waals surface area contributed by atoms with Crippen molar-refractivity contribution in [1.82, 2.24) is 14.9 Å². The second-order valence-corrected chi connectivity index (χ2v) is 9.09. The topological polar surface area (TPSA) is 122 Å². The first-order chi connectivity index (χ1) is 15.7. The van der Waals surface area contributed by atoms with Gasteiger partial charge in [0.2, 0.25) is 10.0 Å². The third-order valence-corrected chi connectivity index (χ3v) is 6.96. The zero-order chi connectivity index (χ0) is 24.4. The van der Waals surface area contributed by atoms with Crippen molar-refractivity contribution in [2.45, 2.75) is 31.7 Å². The van der Waals surface area contributed by atoms with Crippen molar-refractivity contribution in [3.05, 3.63) is 65.7 Å². The SMILES string of the molecule is CCN(CC)S(=O)(=O)c1ccc(C(=O)NCC(=O)OCC(=O)NC(C)c2ccccc2)cc1. The van der Waals surface area contributed by atoms with Gasteiger partial charge in [-0.05, 0) is 36.8 Å². The first-order valence-corrected chi connectivity index (χ1v) is 12.0. The van der Waals surface area contributed by atoms with Crippen LogP contribution in [0.2, 0.25) is 0 Å². The summed E-state index contributed by atoms with van der Waals surface area (Å²) < 4.78 is 31.2. The molecule has 10 heteroatoms. The molecule has 9 nitrogen and oxygen atoms in total. The minimum atomic E-state index is -3.62. The van der Waals surface area contributed by atoms with Crippen molar-refractivity contribution in [1.29, 1.82) is 0 Å². The van der Waals surface area contributed by atoms with Crippen LogP contribution in [-0.2, 0) is 24.3 Å². The van der Waals surface area contributed by atoms with Crippen LogP contribution in [0.1, 0.15) is 42.7 Å². The van der Waals surface area contributed by atoms with E-state index in [0.717, 1.165) is 5.56 Å². The van der Waals surface area contributed by atoms with Gasteiger partial charge in [-0.25, -0.2) is 8.42 Å². The number of amides is 2. The molecule has 0 fully saturated rings. The first-order valence-electron chi connectivity index (χ1n) is 10.6. The van der Waals surface area contributed by atoms with Crippen molar-refractivity contribution >= 4 is 27.8 Å². The van der Waals surface area contributed by atoms with Gasteiger partial charge in [0.05, 0.1) is 10.9 Å². The molecule has 0 aliphatic rings. The molecule has 0 aliphatic heterocycles. The van der Waals surface area contributed by atoms with Gasteiger partial charge in [0.25, 0.3) is 11.8 Å². The van der Waals surface area contributed by atoms with Crippen LogP contribution in [0, 0.1) is 0 Å². The van der Waals surface area contributed by atoms with E-state index in [1.165, 1.54) is 28.6 Å². The number of carbonyl (C=O) groups excluding carboxylic acids is 3. The highest BCUT2D eigenvalue weighted by Gasteiger charge is 2.21. The van der Waals surface area contributed by atoms with Crippen LogP contribution in [-0.4, -0.2) is 56.7 Å². The zero-order valence-electron chi connectivity index (χ0n) is 18.9. The number of esters is 1. The number of hydrogen-bond donors (Lipinski definition) is 2. The summed E-state index contributed by atoms with van der Waals surface area (Å²) >= 11 is 0. The maximum atomic E-state index is 12.5. The van der Waals surface area contributed by atoms with Gasteiger partial charge in [-0.15, -0.1) is 0 Å². The standard InChI is InChI=1S/C23H29N3O6S/c1-4-26(5-2)33(30,31)20-13-11-19(12-14-20)23(29)24-15-22(28)32-16-21(27)25-17(3)18-9-7-6-8-10-18/h6-14,17H,4-5,15-16H2,1-3H3,(H,24,29)(H,25,27). The third kappa shape index (κ3) is 7.40. The third-order valence-electron chi connectivity index (χ3n) is 4.89. The van der Waals surface area contributed by atoms with Crippen LogP contribution in [0.15, 0.2) is 59.5 Å². The van der Waals surface area contributed by atoms with Gasteiger partial charge < -0.3 is 15.4 Å². The number of sulfonamides is 1. The molecule has 0 aliphatic carbocycles. The Bertz CT molecular complexity index is 1050. The summed E-state index contributed by atoms with van der Waals surface area (Å²) in [6.45, 7) is 5.08. The summed E-state index contributed by atoms with van der Waals surface area (Å²) in [5, 5.41) is 5.11. The average molecular weight is 476 g/mol. The summed E-state index contributed by atoms with van der Waals surface area (Å²) in [6, 6.07) is 14.5. The minimum Gasteiger partial charge on any atom is -0.454 e. The van der Waals surface area contributed by atoms with E-state index < -0.39 is 41.0 Å². The molecule has 0 heterocycles. The molecular weight excluding hydrogens is 446 g/mol. The fourth-order valence-corrected chi connectivity index (χ4v) is 4.51. The summed E-state index contributed by atoms with van der Waals surface area (Å²) in [5.74, 6) is -1.80. The van der Waals surface area contributed by atoms with Gasteiger partial charge in [0, 0.05) is 18.7 Å². The lowest BCUT2D eigenvalue weighted by Gasteiger charge is -2.18. The van der Waals surface area contributed by atoms with Crippen LogP contribution in [0.3, 0.4) is 0 Å². The van der Waals surface area contributed by atoms with Gasteiger partial charge in [0.1, 0.15) is 6.54 Å². The van der Waals surface area contributed by atoms with Crippen LogP contribution >= 0.6 is 0 Å². The Labute approximate surface area is 194 Å². The summed E-state index contributed by atoms with van der Waals surface area (Å²) in [7, 11) is -3.62. The minimum absolute atomic E-state index is 0.0814. The number of nitrogens with zero attached hydrogens (tertiary/aromatic N) is 1. The van der Waals surface area contributed by atoms with Crippen LogP contribution < -0.4 is 10.6 Å². The lowest BCUT2D eigenvalue weighted by atomic mass is 10.1. The maximum absolute atomic E-state index is 12.5. The van der Waals surface area contributed by atoms with E-state index in [-0.39, 0.29) is 16.5 Å². The molecule has 0 spiro atoms. The first kappa shape index (κ1) is 26.0. The second kappa shape index (κ2) is 12.1. The molecule has 2 aromatic rings. The van der Waals surface area contributed by atoms with Crippen molar-refractivity contribution in [2.24, 2.45) is 0 Å². The van der Waals surface area contributed by atoms with E-state index in [1.54, 1.807) is 13.8 Å². The molecule has 178 valence electrons. The molecule has 0 saturated heterocycles. The highest BCUT2D eigenvalue weighted by molar-refractivity contribution is 7.89. The molecule has 2 amide bonds. The number of nitrogens with one attached hydrogen (secondary N) is 2. The average Bonchev–Trinajstić information content (AvgIpc) is 2.82. The van der Waals surface area contributed by atoms with E-state index in [0.29, 0.717) is 13.1 Å². The van der Waals surface area contributed by atoms with E-state index in [9.17, 15) is 22.8 Å². The molecular formula is C23H29N3O6S. The lowest BCUT2D eigenvalue weighted by Crippen LogP contribution is -2.34. The normalized spacial score (nSPS) is 12.1. The quantitative estimate of drug-likeness (QED) is 0.479. The monoisotopic (exact) mass is 475 g/mol. The Morgan fingerprint density at radius 3 is 2.15 bits per heavy atom. The van der Waals surface area contributed by atoms with Gasteiger partial charge >= 0.3 is 5.97 Å². The van der Waals surface area contributed by atoms with Crippen molar-refractivity contribution in [3.8, 4) is 0 Å². The summed E-state index contributed by atoms with van der Waals surface area (Å²) in [5.41, 5.74) is 1.11. The Hall–Kier alpha value is -3.24. The van der Waals surface area contributed by atoms with Crippen LogP contribution in [0.5, 0.6) is 0 Å². The molecule has 1 unspecified atom stereocenters. The maximum Gasteiger partial charge on any atom is 0.325 e. The zero-order valence-corrected chi connectivity index (χ0v) is 19.7. The molecule has 0 radical (unpaired) electrons. The number of ether oxygens (including phenoxy) is 1. The Morgan fingerprint density at radius 1 is 0.970 bits per heavy atom. The van der Waals surface area contributed by atoms with E-state index in [2.05, 4.69) is 10.6 Å². The number of carbonyl (C=O) groups is 3. The van der Waals surface area contributed by atoms with Gasteiger partial charge in [-0.3, -0.25) is 14.4 Å². The molecule has 2 rings (SSSR count). The Morgan fingerprint density at radius 2 is 1.58 bits per heavy atom. The van der Waals surface area contributed by atoms with Crippen molar-refractivity contribution < 1.29 is 27.5 Å². The fraction of sp³-hybridized carbons (Fsp3) is 0.348. The molecule has 2 aromatic carbocycles. The number of benzene rings is 2. The Kier molecular flexibility index (Phi) is 9.56. The highest BCUT2D eigenvalue weighted by atomic mass is 32.2. The predicted octanol–water partition coefficient (Wildman–Crippen LogP) is 1.87. The molecule has 1 atom stereocenters.